The van der Waals surface area contributed by atoms with Gasteiger partial charge in [0, 0.05) is 11.6 Å². The standard InChI is InChI=1S/C11H13N3O4S2/c1-6(2)9-5-19-11(13-9)14-20(17,18)7-3-8(10(15)16)12-4-7/h3-6,12H,1-2H3,(H,13,14)(H,15,16). The molecule has 0 radical (unpaired) electrons. The SMILES string of the molecule is CC(C)c1csc(NS(=O)(=O)c2c[nH]c(C(=O)O)c2)n1. The second kappa shape index (κ2) is 5.25. The van der Waals surface area contributed by atoms with Gasteiger partial charge in [0.2, 0.25) is 0 Å². The summed E-state index contributed by atoms with van der Waals surface area (Å²) in [4.78, 5) is 17.1. The van der Waals surface area contributed by atoms with Gasteiger partial charge in [0.05, 0.1) is 5.69 Å². The summed E-state index contributed by atoms with van der Waals surface area (Å²) in [5.41, 5.74) is 0.611. The zero-order valence-electron chi connectivity index (χ0n) is 10.7. The monoisotopic (exact) mass is 315 g/mol. The molecule has 0 fully saturated rings. The number of carboxylic acid groups (broad SMARTS) is 1. The number of carboxylic acids is 1. The molecule has 0 saturated heterocycles. The molecule has 0 saturated carbocycles. The minimum absolute atomic E-state index is 0.142. The molecule has 2 aromatic heterocycles. The maximum Gasteiger partial charge on any atom is 0.352 e. The van der Waals surface area contributed by atoms with Crippen LogP contribution < -0.4 is 4.72 Å². The number of rotatable bonds is 5. The van der Waals surface area contributed by atoms with E-state index >= 15 is 0 Å². The highest BCUT2D eigenvalue weighted by molar-refractivity contribution is 7.93. The van der Waals surface area contributed by atoms with Crippen molar-refractivity contribution in [2.24, 2.45) is 0 Å². The third-order valence-electron chi connectivity index (χ3n) is 2.53. The first-order chi connectivity index (χ1) is 9.29. The van der Waals surface area contributed by atoms with Crippen LogP contribution in [0, 0.1) is 0 Å². The molecule has 2 aromatic rings. The van der Waals surface area contributed by atoms with E-state index in [0.29, 0.717) is 0 Å². The van der Waals surface area contributed by atoms with E-state index in [4.69, 9.17) is 5.11 Å². The van der Waals surface area contributed by atoms with Crippen LogP contribution >= 0.6 is 11.3 Å². The second-order valence-corrected chi connectivity index (χ2v) is 6.93. The Labute approximate surface area is 119 Å². The Bertz CT molecular complexity index is 730. The van der Waals surface area contributed by atoms with Gasteiger partial charge >= 0.3 is 5.97 Å². The molecule has 0 unspecified atom stereocenters. The summed E-state index contributed by atoms with van der Waals surface area (Å²) >= 11 is 1.18. The Morgan fingerprint density at radius 1 is 1.50 bits per heavy atom. The van der Waals surface area contributed by atoms with Gasteiger partial charge in [-0.15, -0.1) is 11.3 Å². The maximum atomic E-state index is 12.1. The summed E-state index contributed by atoms with van der Waals surface area (Å²) < 4.78 is 26.4. The summed E-state index contributed by atoms with van der Waals surface area (Å²) in [6.07, 6.45) is 1.13. The average molecular weight is 315 g/mol. The number of aromatic nitrogens is 2. The number of anilines is 1. The minimum Gasteiger partial charge on any atom is -0.477 e. The fraction of sp³-hybridized carbons (Fsp3) is 0.273. The summed E-state index contributed by atoms with van der Waals surface area (Å²) in [5, 5.41) is 10.8. The molecule has 20 heavy (non-hydrogen) atoms. The largest absolute Gasteiger partial charge is 0.477 e. The highest BCUT2D eigenvalue weighted by Crippen LogP contribution is 2.24. The molecular formula is C11H13N3O4S2. The van der Waals surface area contributed by atoms with Crippen LogP contribution in [-0.2, 0) is 10.0 Å². The van der Waals surface area contributed by atoms with E-state index in [2.05, 4.69) is 14.7 Å². The number of sulfonamides is 1. The predicted molar refractivity (Wildman–Crippen MR) is 74.8 cm³/mol. The molecule has 9 heteroatoms. The zero-order valence-corrected chi connectivity index (χ0v) is 12.4. The Hall–Kier alpha value is -1.87. The van der Waals surface area contributed by atoms with Gasteiger partial charge in [-0.2, -0.15) is 0 Å². The first-order valence-corrected chi connectivity index (χ1v) is 8.06. The van der Waals surface area contributed by atoms with Crippen LogP contribution in [0.1, 0.15) is 35.9 Å². The van der Waals surface area contributed by atoms with E-state index in [1.165, 1.54) is 11.3 Å². The van der Waals surface area contributed by atoms with Crippen molar-refractivity contribution in [2.75, 3.05) is 4.72 Å². The van der Waals surface area contributed by atoms with E-state index < -0.39 is 16.0 Å². The Morgan fingerprint density at radius 3 is 2.70 bits per heavy atom. The summed E-state index contributed by atoms with van der Waals surface area (Å²) in [7, 11) is -3.84. The predicted octanol–water partition coefficient (Wildman–Crippen LogP) is 2.09. The van der Waals surface area contributed by atoms with Gasteiger partial charge in [0.1, 0.15) is 10.6 Å². The molecule has 0 aliphatic heterocycles. The first-order valence-electron chi connectivity index (χ1n) is 5.69. The quantitative estimate of drug-likeness (QED) is 0.782. The Balaban J connectivity index is 2.23. The molecule has 2 rings (SSSR count). The highest BCUT2D eigenvalue weighted by atomic mass is 32.2. The number of aromatic carboxylic acids is 1. The van der Waals surface area contributed by atoms with E-state index in [1.54, 1.807) is 5.38 Å². The molecule has 3 N–H and O–H groups in total. The number of hydrogen-bond acceptors (Lipinski definition) is 5. The number of H-pyrrole nitrogens is 1. The first kappa shape index (κ1) is 14.5. The fourth-order valence-electron chi connectivity index (χ4n) is 1.43. The third kappa shape index (κ3) is 2.99. The molecule has 108 valence electrons. The lowest BCUT2D eigenvalue weighted by molar-refractivity contribution is 0.0691. The molecule has 0 spiro atoms. The number of hydrogen-bond donors (Lipinski definition) is 3. The van der Waals surface area contributed by atoms with Gasteiger partial charge in [-0.25, -0.2) is 18.2 Å². The van der Waals surface area contributed by atoms with Gasteiger partial charge in [-0.3, -0.25) is 4.72 Å². The van der Waals surface area contributed by atoms with Crippen molar-refractivity contribution in [3.63, 3.8) is 0 Å². The lowest BCUT2D eigenvalue weighted by Crippen LogP contribution is -2.12. The van der Waals surface area contributed by atoms with Crippen LogP contribution in [0.4, 0.5) is 5.13 Å². The van der Waals surface area contributed by atoms with E-state index in [1.807, 2.05) is 13.8 Å². The van der Waals surface area contributed by atoms with E-state index in [9.17, 15) is 13.2 Å². The maximum absolute atomic E-state index is 12.1. The summed E-state index contributed by atoms with van der Waals surface area (Å²) in [6.45, 7) is 3.91. The highest BCUT2D eigenvalue weighted by Gasteiger charge is 2.20. The van der Waals surface area contributed by atoms with Gasteiger partial charge in [0.25, 0.3) is 10.0 Å². The number of nitrogens with one attached hydrogen (secondary N) is 2. The summed E-state index contributed by atoms with van der Waals surface area (Å²) in [6, 6.07) is 1.06. The Kier molecular flexibility index (Phi) is 3.82. The van der Waals surface area contributed by atoms with Crippen LogP contribution in [0.15, 0.2) is 22.5 Å². The topological polar surface area (TPSA) is 112 Å². The van der Waals surface area contributed by atoms with Crippen molar-refractivity contribution in [2.45, 2.75) is 24.7 Å². The minimum atomic E-state index is -3.84. The number of carbonyl (C=O) groups is 1. The smallest absolute Gasteiger partial charge is 0.352 e. The van der Waals surface area contributed by atoms with Crippen LogP contribution in [0.5, 0.6) is 0 Å². The Morgan fingerprint density at radius 2 is 2.20 bits per heavy atom. The molecule has 0 aliphatic carbocycles. The molecular weight excluding hydrogens is 302 g/mol. The lowest BCUT2D eigenvalue weighted by Gasteiger charge is -2.02. The van der Waals surface area contributed by atoms with Gasteiger partial charge in [-0.05, 0) is 12.0 Å². The van der Waals surface area contributed by atoms with Crippen LogP contribution in [0.25, 0.3) is 0 Å². The molecule has 0 atom stereocenters. The van der Waals surface area contributed by atoms with Gasteiger partial charge < -0.3 is 10.1 Å². The summed E-state index contributed by atoms with van der Waals surface area (Å²) in [5.74, 6) is -1.02. The van der Waals surface area contributed by atoms with Gasteiger partial charge in [0.15, 0.2) is 5.13 Å². The average Bonchev–Trinajstić information content (AvgIpc) is 2.95. The van der Waals surface area contributed by atoms with Crippen molar-refractivity contribution in [1.29, 1.82) is 0 Å². The number of thiazole rings is 1. The van der Waals surface area contributed by atoms with Crippen molar-refractivity contribution >= 4 is 32.5 Å². The third-order valence-corrected chi connectivity index (χ3v) is 4.76. The number of nitrogens with zero attached hydrogens (tertiary/aromatic N) is 1. The van der Waals surface area contributed by atoms with Gasteiger partial charge in [-0.1, -0.05) is 13.8 Å². The van der Waals surface area contributed by atoms with Crippen LogP contribution in [0.3, 0.4) is 0 Å². The number of aromatic amines is 1. The normalized spacial score (nSPS) is 11.8. The fourth-order valence-corrected chi connectivity index (χ4v) is 3.54. The van der Waals surface area contributed by atoms with E-state index in [0.717, 1.165) is 18.0 Å². The van der Waals surface area contributed by atoms with E-state index in [-0.39, 0.29) is 21.6 Å². The lowest BCUT2D eigenvalue weighted by atomic mass is 10.2. The molecule has 0 amide bonds. The molecule has 0 aliphatic rings. The molecule has 0 aromatic carbocycles. The second-order valence-electron chi connectivity index (χ2n) is 4.39. The van der Waals surface area contributed by atoms with Crippen LogP contribution in [-0.4, -0.2) is 29.5 Å². The van der Waals surface area contributed by atoms with Crippen molar-refractivity contribution < 1.29 is 18.3 Å². The molecule has 7 nitrogen and oxygen atoms in total. The zero-order chi connectivity index (χ0) is 14.9. The van der Waals surface area contributed by atoms with Crippen molar-refractivity contribution in [3.8, 4) is 0 Å². The molecule has 0 bridgehead atoms. The molecule has 2 heterocycles. The van der Waals surface area contributed by atoms with Crippen LogP contribution in [0.2, 0.25) is 0 Å². The van der Waals surface area contributed by atoms with Crippen molar-refractivity contribution in [1.82, 2.24) is 9.97 Å². The van der Waals surface area contributed by atoms with Crippen molar-refractivity contribution in [3.05, 3.63) is 29.0 Å².